The van der Waals surface area contributed by atoms with Gasteiger partial charge < -0.3 is 15.8 Å². The molecule has 1 aromatic carbocycles. The third-order valence-electron chi connectivity index (χ3n) is 3.20. The van der Waals surface area contributed by atoms with Gasteiger partial charge in [-0.25, -0.2) is 0 Å². The Morgan fingerprint density at radius 1 is 1.43 bits per heavy atom. The van der Waals surface area contributed by atoms with Gasteiger partial charge in [-0.05, 0) is 30.0 Å². The van der Waals surface area contributed by atoms with E-state index in [0.717, 1.165) is 6.42 Å². The van der Waals surface area contributed by atoms with Gasteiger partial charge in [-0.2, -0.15) is 0 Å². The highest BCUT2D eigenvalue weighted by molar-refractivity contribution is 6.32. The maximum atomic E-state index is 12.0. The second-order valence-corrected chi connectivity index (χ2v) is 6.63. The Bertz CT molecular complexity index is 484. The Kier molecular flexibility index (Phi) is 6.49. The molecule has 0 saturated heterocycles. The lowest BCUT2D eigenvalue weighted by Crippen LogP contribution is -2.38. The van der Waals surface area contributed by atoms with Gasteiger partial charge in [-0.15, -0.1) is 0 Å². The number of hydrogen-bond acceptors (Lipinski definition) is 3. The van der Waals surface area contributed by atoms with E-state index in [1.807, 2.05) is 27.7 Å². The van der Waals surface area contributed by atoms with Crippen LogP contribution in [0.4, 0.5) is 5.69 Å². The molecule has 0 radical (unpaired) electrons. The van der Waals surface area contributed by atoms with Crippen LogP contribution in [0.5, 0.6) is 5.75 Å². The molecule has 0 aliphatic heterocycles. The average Bonchev–Trinajstić information content (AvgIpc) is 2.36. The van der Waals surface area contributed by atoms with Crippen molar-refractivity contribution in [1.29, 1.82) is 0 Å². The number of carbonyl (C=O) groups is 1. The molecule has 21 heavy (non-hydrogen) atoms. The molecule has 0 bridgehead atoms. The van der Waals surface area contributed by atoms with Crippen molar-refractivity contribution in [2.75, 3.05) is 11.9 Å². The Morgan fingerprint density at radius 3 is 2.62 bits per heavy atom. The topological polar surface area (TPSA) is 64.3 Å². The minimum atomic E-state index is -0.194. The highest BCUT2D eigenvalue weighted by atomic mass is 35.5. The molecule has 0 heterocycles. The Labute approximate surface area is 132 Å². The molecule has 1 aromatic rings. The van der Waals surface area contributed by atoms with Crippen molar-refractivity contribution < 1.29 is 9.53 Å². The summed E-state index contributed by atoms with van der Waals surface area (Å²) in [5.41, 5.74) is 6.55. The molecule has 118 valence electrons. The SMILES string of the molecule is CCCOc1ccc(NC(=O)CC(N)C(C)(C)C)cc1Cl. The van der Waals surface area contributed by atoms with Crippen molar-refractivity contribution in [3.8, 4) is 5.75 Å². The van der Waals surface area contributed by atoms with Crippen molar-refractivity contribution in [3.05, 3.63) is 23.2 Å². The second kappa shape index (κ2) is 7.66. The van der Waals surface area contributed by atoms with Gasteiger partial charge in [0.2, 0.25) is 5.91 Å². The predicted octanol–water partition coefficient (Wildman–Crippen LogP) is 3.83. The Hall–Kier alpha value is -1.26. The number of carbonyl (C=O) groups excluding carboxylic acids is 1. The maximum absolute atomic E-state index is 12.0. The first kappa shape index (κ1) is 17.8. The van der Waals surface area contributed by atoms with E-state index in [9.17, 15) is 4.79 Å². The van der Waals surface area contributed by atoms with Gasteiger partial charge in [0.05, 0.1) is 11.6 Å². The molecular formula is C16H25ClN2O2. The van der Waals surface area contributed by atoms with E-state index < -0.39 is 0 Å². The number of halogens is 1. The number of nitrogens with two attached hydrogens (primary N) is 1. The lowest BCUT2D eigenvalue weighted by molar-refractivity contribution is -0.117. The minimum absolute atomic E-state index is 0.104. The lowest BCUT2D eigenvalue weighted by atomic mass is 9.85. The molecule has 1 unspecified atom stereocenters. The van der Waals surface area contributed by atoms with Gasteiger partial charge in [0.25, 0.3) is 0 Å². The number of nitrogens with one attached hydrogen (secondary N) is 1. The van der Waals surface area contributed by atoms with Crippen LogP contribution in [0, 0.1) is 5.41 Å². The van der Waals surface area contributed by atoms with E-state index in [0.29, 0.717) is 23.1 Å². The van der Waals surface area contributed by atoms with E-state index >= 15 is 0 Å². The molecule has 0 spiro atoms. The van der Waals surface area contributed by atoms with Crippen LogP contribution in [0.2, 0.25) is 5.02 Å². The fourth-order valence-electron chi connectivity index (χ4n) is 1.63. The molecule has 4 nitrogen and oxygen atoms in total. The summed E-state index contributed by atoms with van der Waals surface area (Å²) >= 11 is 6.13. The zero-order valence-corrected chi connectivity index (χ0v) is 14.0. The molecule has 0 aromatic heterocycles. The molecule has 1 atom stereocenters. The summed E-state index contributed by atoms with van der Waals surface area (Å²) in [4.78, 5) is 12.0. The van der Waals surface area contributed by atoms with Crippen LogP contribution < -0.4 is 15.8 Å². The Balaban J connectivity index is 2.63. The van der Waals surface area contributed by atoms with Crippen molar-refractivity contribution in [1.82, 2.24) is 0 Å². The normalized spacial score (nSPS) is 12.9. The predicted molar refractivity (Wildman–Crippen MR) is 87.9 cm³/mol. The summed E-state index contributed by atoms with van der Waals surface area (Å²) in [7, 11) is 0. The van der Waals surface area contributed by atoms with Gasteiger partial charge in [-0.3, -0.25) is 4.79 Å². The van der Waals surface area contributed by atoms with E-state index in [-0.39, 0.29) is 23.8 Å². The fourth-order valence-corrected chi connectivity index (χ4v) is 1.86. The standard InChI is InChI=1S/C16H25ClN2O2/c1-5-8-21-13-7-6-11(9-12(13)17)19-15(20)10-14(18)16(2,3)4/h6-7,9,14H,5,8,10,18H2,1-4H3,(H,19,20). The smallest absolute Gasteiger partial charge is 0.225 e. The van der Waals surface area contributed by atoms with Gasteiger partial charge in [0.1, 0.15) is 5.75 Å². The first-order valence-corrected chi connectivity index (χ1v) is 7.59. The van der Waals surface area contributed by atoms with E-state index in [1.54, 1.807) is 18.2 Å². The summed E-state index contributed by atoms with van der Waals surface area (Å²) < 4.78 is 5.49. The largest absolute Gasteiger partial charge is 0.492 e. The quantitative estimate of drug-likeness (QED) is 0.839. The first-order chi connectivity index (χ1) is 9.74. The van der Waals surface area contributed by atoms with Crippen molar-refractivity contribution in [2.24, 2.45) is 11.1 Å². The van der Waals surface area contributed by atoms with Crippen LogP contribution in [-0.2, 0) is 4.79 Å². The zero-order valence-electron chi connectivity index (χ0n) is 13.2. The zero-order chi connectivity index (χ0) is 16.0. The number of hydrogen-bond donors (Lipinski definition) is 2. The molecule has 0 fully saturated rings. The monoisotopic (exact) mass is 312 g/mol. The van der Waals surface area contributed by atoms with Gasteiger partial charge >= 0.3 is 0 Å². The van der Waals surface area contributed by atoms with Gasteiger partial charge in [0, 0.05) is 18.2 Å². The van der Waals surface area contributed by atoms with Gasteiger partial charge in [0.15, 0.2) is 0 Å². The molecule has 3 N–H and O–H groups in total. The summed E-state index contributed by atoms with van der Waals surface area (Å²) in [6.45, 7) is 8.69. The van der Waals surface area contributed by atoms with Gasteiger partial charge in [-0.1, -0.05) is 39.3 Å². The summed E-state index contributed by atoms with van der Waals surface area (Å²) in [5.74, 6) is 0.513. The lowest BCUT2D eigenvalue weighted by Gasteiger charge is -2.26. The van der Waals surface area contributed by atoms with Crippen molar-refractivity contribution in [2.45, 2.75) is 46.6 Å². The molecule has 5 heteroatoms. The summed E-state index contributed by atoms with van der Waals surface area (Å²) in [5, 5.41) is 3.30. The summed E-state index contributed by atoms with van der Waals surface area (Å²) in [6.07, 6.45) is 1.19. The maximum Gasteiger partial charge on any atom is 0.225 e. The molecule has 0 aliphatic carbocycles. The fraction of sp³-hybridized carbons (Fsp3) is 0.562. The second-order valence-electron chi connectivity index (χ2n) is 6.22. The van der Waals surface area contributed by atoms with Crippen LogP contribution in [0.1, 0.15) is 40.5 Å². The number of ether oxygens (including phenoxy) is 1. The van der Waals surface area contributed by atoms with Crippen molar-refractivity contribution >= 4 is 23.2 Å². The molecular weight excluding hydrogens is 288 g/mol. The van der Waals surface area contributed by atoms with E-state index in [1.165, 1.54) is 0 Å². The third-order valence-corrected chi connectivity index (χ3v) is 3.49. The first-order valence-electron chi connectivity index (χ1n) is 7.21. The molecule has 1 rings (SSSR count). The number of rotatable bonds is 6. The summed E-state index contributed by atoms with van der Waals surface area (Å²) in [6, 6.07) is 5.03. The van der Waals surface area contributed by atoms with E-state index in [4.69, 9.17) is 22.1 Å². The van der Waals surface area contributed by atoms with Crippen LogP contribution in [0.25, 0.3) is 0 Å². The van der Waals surface area contributed by atoms with Crippen LogP contribution in [-0.4, -0.2) is 18.6 Å². The van der Waals surface area contributed by atoms with Crippen LogP contribution in [0.3, 0.4) is 0 Å². The number of anilines is 1. The molecule has 0 saturated carbocycles. The third kappa shape index (κ3) is 5.94. The highest BCUT2D eigenvalue weighted by Gasteiger charge is 2.23. The van der Waals surface area contributed by atoms with Crippen molar-refractivity contribution in [3.63, 3.8) is 0 Å². The molecule has 1 amide bonds. The van der Waals surface area contributed by atoms with E-state index in [2.05, 4.69) is 5.32 Å². The molecule has 0 aliphatic rings. The number of benzene rings is 1. The minimum Gasteiger partial charge on any atom is -0.492 e. The van der Waals surface area contributed by atoms with Crippen LogP contribution in [0.15, 0.2) is 18.2 Å². The number of amides is 1. The average molecular weight is 313 g/mol. The highest BCUT2D eigenvalue weighted by Crippen LogP contribution is 2.28. The van der Waals surface area contributed by atoms with Crippen LogP contribution >= 0.6 is 11.6 Å². The Morgan fingerprint density at radius 2 is 2.10 bits per heavy atom.